The molecule has 1 aliphatic rings. The normalized spacial score (nSPS) is 15.9. The van der Waals surface area contributed by atoms with E-state index in [1.54, 1.807) is 25.3 Å². The molecule has 1 fully saturated rings. The molecule has 0 bridgehead atoms. The van der Waals surface area contributed by atoms with Crippen LogP contribution in [0.15, 0.2) is 18.2 Å². The van der Waals surface area contributed by atoms with Crippen LogP contribution in [0.5, 0.6) is 5.75 Å². The molecule has 0 unspecified atom stereocenters. The van der Waals surface area contributed by atoms with E-state index in [-0.39, 0.29) is 5.91 Å². The van der Waals surface area contributed by atoms with Gasteiger partial charge in [0.1, 0.15) is 12.4 Å². The third-order valence-electron chi connectivity index (χ3n) is 2.98. The van der Waals surface area contributed by atoms with Gasteiger partial charge >= 0.3 is 0 Å². The van der Waals surface area contributed by atoms with Crippen LogP contribution in [0.3, 0.4) is 0 Å². The molecule has 0 heterocycles. The molecule has 3 N–H and O–H groups in total. The van der Waals surface area contributed by atoms with Crippen molar-refractivity contribution in [2.24, 2.45) is 5.73 Å². The van der Waals surface area contributed by atoms with E-state index in [2.05, 4.69) is 5.32 Å². The lowest BCUT2D eigenvalue weighted by Crippen LogP contribution is -2.37. The van der Waals surface area contributed by atoms with Crippen molar-refractivity contribution in [2.75, 3.05) is 25.6 Å². The molecule has 0 atom stereocenters. The van der Waals surface area contributed by atoms with Crippen molar-refractivity contribution in [2.45, 2.75) is 18.4 Å². The van der Waals surface area contributed by atoms with E-state index in [0.29, 0.717) is 29.7 Å². The predicted molar refractivity (Wildman–Crippen MR) is 73.6 cm³/mol. The molecule has 6 heteroatoms. The zero-order chi connectivity index (χ0) is 13.9. The number of nitrogens with one attached hydrogen (secondary N) is 1. The van der Waals surface area contributed by atoms with Crippen molar-refractivity contribution in [3.05, 3.63) is 23.2 Å². The summed E-state index contributed by atoms with van der Waals surface area (Å²) in [7, 11) is 1.60. The van der Waals surface area contributed by atoms with Crippen LogP contribution >= 0.6 is 11.6 Å². The third-order valence-corrected chi connectivity index (χ3v) is 3.27. The molecular weight excluding hydrogens is 268 g/mol. The fraction of sp³-hybridized carbons (Fsp3) is 0.462. The Balaban J connectivity index is 1.96. The molecule has 1 saturated carbocycles. The summed E-state index contributed by atoms with van der Waals surface area (Å²) >= 11 is 6.07. The van der Waals surface area contributed by atoms with E-state index in [1.165, 1.54) is 0 Å². The van der Waals surface area contributed by atoms with Crippen LogP contribution in [0.1, 0.15) is 12.8 Å². The second-order valence-electron chi connectivity index (χ2n) is 4.60. The van der Waals surface area contributed by atoms with Gasteiger partial charge in [-0.3, -0.25) is 4.79 Å². The molecule has 5 nitrogen and oxygen atoms in total. The van der Waals surface area contributed by atoms with Gasteiger partial charge in [0, 0.05) is 12.8 Å². The largest absolute Gasteiger partial charge is 0.490 e. The quantitative estimate of drug-likeness (QED) is 0.781. The summed E-state index contributed by atoms with van der Waals surface area (Å²) in [6, 6.07) is 5.09. The molecule has 19 heavy (non-hydrogen) atoms. The van der Waals surface area contributed by atoms with Crippen LogP contribution in [0, 0.1) is 0 Å². The number of carbonyl (C=O) groups is 1. The van der Waals surface area contributed by atoms with E-state index >= 15 is 0 Å². The van der Waals surface area contributed by atoms with Crippen molar-refractivity contribution >= 4 is 23.2 Å². The molecule has 1 aromatic carbocycles. The highest BCUT2D eigenvalue weighted by molar-refractivity contribution is 6.32. The maximum Gasteiger partial charge on any atom is 0.244 e. The highest BCUT2D eigenvalue weighted by Crippen LogP contribution is 2.34. The van der Waals surface area contributed by atoms with Gasteiger partial charge in [0.25, 0.3) is 0 Å². The van der Waals surface area contributed by atoms with Gasteiger partial charge in [-0.1, -0.05) is 11.6 Å². The van der Waals surface area contributed by atoms with Crippen LogP contribution in [-0.2, 0) is 9.53 Å². The van der Waals surface area contributed by atoms with Gasteiger partial charge < -0.3 is 20.5 Å². The Morgan fingerprint density at radius 2 is 2.21 bits per heavy atom. The molecule has 1 aliphatic carbocycles. The number of carbonyl (C=O) groups excluding carboxylic acids is 1. The Hall–Kier alpha value is -1.30. The van der Waals surface area contributed by atoms with Crippen LogP contribution in [0.4, 0.5) is 5.69 Å². The molecule has 0 spiro atoms. The minimum Gasteiger partial charge on any atom is -0.490 e. The van der Waals surface area contributed by atoms with E-state index < -0.39 is 5.54 Å². The van der Waals surface area contributed by atoms with Crippen molar-refractivity contribution in [3.63, 3.8) is 0 Å². The summed E-state index contributed by atoms with van der Waals surface area (Å²) in [4.78, 5) is 11.8. The number of hydrogen-bond acceptors (Lipinski definition) is 4. The van der Waals surface area contributed by atoms with Gasteiger partial charge in [-0.2, -0.15) is 0 Å². The number of benzene rings is 1. The first-order valence-corrected chi connectivity index (χ1v) is 6.44. The molecule has 0 saturated heterocycles. The van der Waals surface area contributed by atoms with Crippen molar-refractivity contribution in [1.82, 2.24) is 0 Å². The SMILES string of the molecule is COCCOc1ccc(NC(=O)C2(N)CC2)cc1Cl. The second kappa shape index (κ2) is 5.77. The summed E-state index contributed by atoms with van der Waals surface area (Å²) in [5.74, 6) is 0.391. The van der Waals surface area contributed by atoms with Crippen LogP contribution in [0.25, 0.3) is 0 Å². The van der Waals surface area contributed by atoms with Crippen molar-refractivity contribution < 1.29 is 14.3 Å². The van der Waals surface area contributed by atoms with Crippen molar-refractivity contribution in [3.8, 4) is 5.75 Å². The Morgan fingerprint density at radius 3 is 2.79 bits per heavy atom. The number of amides is 1. The highest BCUT2D eigenvalue weighted by atomic mass is 35.5. The summed E-state index contributed by atoms with van der Waals surface area (Å²) in [6.07, 6.45) is 1.45. The molecule has 0 radical (unpaired) electrons. The maximum atomic E-state index is 11.8. The minimum absolute atomic E-state index is 0.170. The summed E-state index contributed by atoms with van der Waals surface area (Å²) < 4.78 is 10.3. The molecule has 104 valence electrons. The zero-order valence-corrected chi connectivity index (χ0v) is 11.5. The lowest BCUT2D eigenvalue weighted by Gasteiger charge is -2.12. The number of methoxy groups -OCH3 is 1. The van der Waals surface area contributed by atoms with E-state index in [4.69, 9.17) is 26.8 Å². The van der Waals surface area contributed by atoms with Gasteiger partial charge in [0.2, 0.25) is 5.91 Å². The van der Waals surface area contributed by atoms with E-state index in [0.717, 1.165) is 12.8 Å². The van der Waals surface area contributed by atoms with Crippen LogP contribution < -0.4 is 15.8 Å². The van der Waals surface area contributed by atoms with Gasteiger partial charge in [-0.15, -0.1) is 0 Å². The Labute approximate surface area is 117 Å². The maximum absolute atomic E-state index is 11.8. The lowest BCUT2D eigenvalue weighted by molar-refractivity contribution is -0.118. The molecule has 0 aliphatic heterocycles. The fourth-order valence-electron chi connectivity index (χ4n) is 1.55. The predicted octanol–water partition coefficient (Wildman–Crippen LogP) is 1.79. The number of nitrogens with two attached hydrogens (primary N) is 1. The Kier molecular flexibility index (Phi) is 4.29. The Morgan fingerprint density at radius 1 is 1.47 bits per heavy atom. The summed E-state index contributed by atoms with van der Waals surface area (Å²) in [6.45, 7) is 0.915. The summed E-state index contributed by atoms with van der Waals surface area (Å²) in [5.41, 5.74) is 5.73. The van der Waals surface area contributed by atoms with Gasteiger partial charge in [-0.05, 0) is 31.0 Å². The van der Waals surface area contributed by atoms with Crippen molar-refractivity contribution in [1.29, 1.82) is 0 Å². The first-order chi connectivity index (χ1) is 9.05. The third kappa shape index (κ3) is 3.59. The van der Waals surface area contributed by atoms with Gasteiger partial charge in [0.15, 0.2) is 0 Å². The topological polar surface area (TPSA) is 73.6 Å². The second-order valence-corrected chi connectivity index (χ2v) is 5.00. The number of ether oxygens (including phenoxy) is 2. The number of halogens is 1. The fourth-order valence-corrected chi connectivity index (χ4v) is 1.78. The minimum atomic E-state index is -0.694. The number of hydrogen-bond donors (Lipinski definition) is 2. The molecule has 1 amide bonds. The molecule has 0 aromatic heterocycles. The molecule has 1 aromatic rings. The molecular formula is C13H17ClN2O3. The average molecular weight is 285 g/mol. The van der Waals surface area contributed by atoms with Crippen LogP contribution in [-0.4, -0.2) is 31.8 Å². The average Bonchev–Trinajstić information content (AvgIpc) is 3.12. The first-order valence-electron chi connectivity index (χ1n) is 6.07. The molecule has 2 rings (SSSR count). The van der Waals surface area contributed by atoms with E-state index in [9.17, 15) is 4.79 Å². The lowest BCUT2D eigenvalue weighted by atomic mass is 10.2. The van der Waals surface area contributed by atoms with E-state index in [1.807, 2.05) is 0 Å². The number of rotatable bonds is 6. The van der Waals surface area contributed by atoms with Gasteiger partial charge in [-0.25, -0.2) is 0 Å². The van der Waals surface area contributed by atoms with Gasteiger partial charge in [0.05, 0.1) is 17.2 Å². The zero-order valence-electron chi connectivity index (χ0n) is 10.7. The monoisotopic (exact) mass is 284 g/mol. The smallest absolute Gasteiger partial charge is 0.244 e. The van der Waals surface area contributed by atoms with Crippen LogP contribution in [0.2, 0.25) is 5.02 Å². The summed E-state index contributed by atoms with van der Waals surface area (Å²) in [5, 5.41) is 3.19. The standard InChI is InChI=1S/C13H17ClN2O3/c1-18-6-7-19-11-3-2-9(8-10(11)14)16-12(17)13(15)4-5-13/h2-3,8H,4-7,15H2,1H3,(H,16,17). The highest BCUT2D eigenvalue weighted by Gasteiger charge is 2.45. The number of anilines is 1. The first kappa shape index (κ1) is 14.1. The Bertz CT molecular complexity index is 475.